The van der Waals surface area contributed by atoms with Crippen molar-refractivity contribution in [1.82, 2.24) is 14.3 Å². The van der Waals surface area contributed by atoms with Gasteiger partial charge in [-0.05, 0) is 55.9 Å². The van der Waals surface area contributed by atoms with Crippen molar-refractivity contribution in [3.63, 3.8) is 0 Å². The average Bonchev–Trinajstić information content (AvgIpc) is 3.16. The largest absolute Gasteiger partial charge is 0.461 e. The van der Waals surface area contributed by atoms with Crippen molar-refractivity contribution in [2.75, 3.05) is 31.6 Å². The molecule has 0 radical (unpaired) electrons. The maximum atomic E-state index is 12.9. The Morgan fingerprint density at radius 1 is 1.07 bits per heavy atom. The predicted octanol–water partition coefficient (Wildman–Crippen LogP) is 3.65. The van der Waals surface area contributed by atoms with Crippen LogP contribution in [-0.2, 0) is 11.2 Å². The van der Waals surface area contributed by atoms with Crippen molar-refractivity contribution >= 4 is 23.2 Å². The van der Waals surface area contributed by atoms with Gasteiger partial charge in [0.15, 0.2) is 0 Å². The molecule has 0 bridgehead atoms. The molecule has 0 fully saturated rings. The van der Waals surface area contributed by atoms with Gasteiger partial charge in [-0.2, -0.15) is 0 Å². The summed E-state index contributed by atoms with van der Waals surface area (Å²) in [5.74, 6) is -0.602. The molecule has 7 nitrogen and oxygen atoms in total. The Labute approximate surface area is 176 Å². The zero-order valence-electron chi connectivity index (χ0n) is 17.7. The summed E-state index contributed by atoms with van der Waals surface area (Å²) in [5.41, 5.74) is 3.06. The van der Waals surface area contributed by atoms with E-state index in [1.807, 2.05) is 31.3 Å². The molecule has 0 aliphatic rings. The van der Waals surface area contributed by atoms with E-state index in [4.69, 9.17) is 4.74 Å². The van der Waals surface area contributed by atoms with Gasteiger partial charge in [-0.25, -0.2) is 9.78 Å². The van der Waals surface area contributed by atoms with Crippen LogP contribution in [0.15, 0.2) is 48.7 Å². The van der Waals surface area contributed by atoms with Gasteiger partial charge in [-0.15, -0.1) is 0 Å². The molecule has 1 aromatic carbocycles. The minimum atomic E-state index is -0.366. The van der Waals surface area contributed by atoms with E-state index >= 15 is 0 Å². The molecular weight excluding hydrogens is 380 g/mol. The lowest BCUT2D eigenvalue weighted by Crippen LogP contribution is -2.27. The number of pyridine rings is 1. The molecule has 158 valence electrons. The summed E-state index contributed by atoms with van der Waals surface area (Å²) in [7, 11) is 0. The van der Waals surface area contributed by atoms with Crippen molar-refractivity contribution in [3.05, 3.63) is 65.6 Å². The Morgan fingerprint density at radius 3 is 2.47 bits per heavy atom. The molecule has 7 heteroatoms. The number of anilines is 1. The summed E-state index contributed by atoms with van der Waals surface area (Å²) in [5, 5.41) is 2.89. The molecule has 2 heterocycles. The van der Waals surface area contributed by atoms with Crippen LogP contribution in [0.4, 0.5) is 5.69 Å². The van der Waals surface area contributed by atoms with Crippen molar-refractivity contribution in [1.29, 1.82) is 0 Å². The summed E-state index contributed by atoms with van der Waals surface area (Å²) in [4.78, 5) is 31.8. The molecule has 0 atom stereocenters. The standard InChI is InChI=1S/C23H28N4O3/c1-4-19-21(27-14-8-7-9-20(27)25-19)22(28)24-18-12-10-17(11-13-18)23(29)30-16-15-26(5-2)6-3/h7-14H,4-6,15-16H2,1-3H3,(H,24,28). The highest BCUT2D eigenvalue weighted by atomic mass is 16.5. The maximum absolute atomic E-state index is 12.9. The third-order valence-corrected chi connectivity index (χ3v) is 5.07. The number of nitrogens with one attached hydrogen (secondary N) is 1. The highest BCUT2D eigenvalue weighted by Crippen LogP contribution is 2.17. The molecule has 1 amide bonds. The van der Waals surface area contributed by atoms with Crippen molar-refractivity contribution in [3.8, 4) is 0 Å². The van der Waals surface area contributed by atoms with Gasteiger partial charge in [-0.3, -0.25) is 9.20 Å². The fourth-order valence-corrected chi connectivity index (χ4v) is 3.30. The van der Waals surface area contributed by atoms with E-state index in [1.54, 1.807) is 28.7 Å². The molecule has 30 heavy (non-hydrogen) atoms. The second kappa shape index (κ2) is 10.0. The molecule has 0 saturated carbocycles. The molecule has 3 aromatic rings. The lowest BCUT2D eigenvalue weighted by Gasteiger charge is -2.17. The minimum absolute atomic E-state index is 0.236. The first kappa shape index (κ1) is 21.5. The smallest absolute Gasteiger partial charge is 0.338 e. The number of benzene rings is 1. The molecule has 1 N–H and O–H groups in total. The number of imidazole rings is 1. The first-order valence-corrected chi connectivity index (χ1v) is 10.3. The van der Waals surface area contributed by atoms with E-state index in [9.17, 15) is 9.59 Å². The molecule has 0 spiro atoms. The van der Waals surface area contributed by atoms with Gasteiger partial charge in [0.2, 0.25) is 0 Å². The van der Waals surface area contributed by atoms with Gasteiger partial charge < -0.3 is 15.0 Å². The van der Waals surface area contributed by atoms with Crippen LogP contribution in [0.3, 0.4) is 0 Å². The summed E-state index contributed by atoms with van der Waals surface area (Å²) >= 11 is 0. The van der Waals surface area contributed by atoms with Crippen LogP contribution in [0.1, 0.15) is 47.3 Å². The van der Waals surface area contributed by atoms with Crippen LogP contribution in [0.5, 0.6) is 0 Å². The number of likely N-dealkylation sites (N-methyl/N-ethyl adjacent to an activating group) is 1. The fraction of sp³-hybridized carbons (Fsp3) is 0.348. The van der Waals surface area contributed by atoms with E-state index in [-0.39, 0.29) is 11.9 Å². The highest BCUT2D eigenvalue weighted by Gasteiger charge is 2.18. The lowest BCUT2D eigenvalue weighted by molar-refractivity contribution is 0.0466. The van der Waals surface area contributed by atoms with Crippen molar-refractivity contribution in [2.45, 2.75) is 27.2 Å². The summed E-state index contributed by atoms with van der Waals surface area (Å²) < 4.78 is 7.13. The number of rotatable bonds is 9. The number of hydrogen-bond donors (Lipinski definition) is 1. The first-order chi connectivity index (χ1) is 14.6. The Hall–Kier alpha value is -3.19. The number of carbonyl (C=O) groups is 2. The van der Waals surface area contributed by atoms with Gasteiger partial charge in [0.25, 0.3) is 5.91 Å². The highest BCUT2D eigenvalue weighted by molar-refractivity contribution is 6.04. The van der Waals surface area contributed by atoms with E-state index in [2.05, 4.69) is 29.0 Å². The monoisotopic (exact) mass is 408 g/mol. The van der Waals surface area contributed by atoms with Crippen molar-refractivity contribution in [2.24, 2.45) is 0 Å². The fourth-order valence-electron chi connectivity index (χ4n) is 3.30. The number of amides is 1. The Bertz CT molecular complexity index is 1010. The zero-order valence-corrected chi connectivity index (χ0v) is 17.7. The number of hydrogen-bond acceptors (Lipinski definition) is 5. The summed E-state index contributed by atoms with van der Waals surface area (Å²) in [6, 6.07) is 12.3. The van der Waals surface area contributed by atoms with Gasteiger partial charge in [-0.1, -0.05) is 26.8 Å². The van der Waals surface area contributed by atoms with Crippen LogP contribution < -0.4 is 5.32 Å². The lowest BCUT2D eigenvalue weighted by atomic mass is 10.2. The zero-order chi connectivity index (χ0) is 21.5. The van der Waals surface area contributed by atoms with E-state index in [0.29, 0.717) is 36.5 Å². The second-order valence-electron chi connectivity index (χ2n) is 6.88. The summed E-state index contributed by atoms with van der Waals surface area (Å²) in [6.07, 6.45) is 2.48. The first-order valence-electron chi connectivity index (χ1n) is 10.3. The van der Waals surface area contributed by atoms with Crippen LogP contribution in [0.25, 0.3) is 5.65 Å². The van der Waals surface area contributed by atoms with Crippen LogP contribution >= 0.6 is 0 Å². The molecule has 0 aliphatic carbocycles. The molecule has 2 aromatic heterocycles. The third kappa shape index (κ3) is 4.86. The molecule has 0 saturated heterocycles. The number of aryl methyl sites for hydroxylation is 1. The predicted molar refractivity (Wildman–Crippen MR) is 117 cm³/mol. The number of fused-ring (bicyclic) bond motifs is 1. The van der Waals surface area contributed by atoms with E-state index in [1.165, 1.54) is 0 Å². The molecule has 3 rings (SSSR count). The topological polar surface area (TPSA) is 75.9 Å². The van der Waals surface area contributed by atoms with Crippen LogP contribution in [-0.4, -0.2) is 52.4 Å². The van der Waals surface area contributed by atoms with E-state index in [0.717, 1.165) is 24.4 Å². The van der Waals surface area contributed by atoms with Gasteiger partial charge in [0.05, 0.1) is 11.3 Å². The number of nitrogens with zero attached hydrogens (tertiary/aromatic N) is 3. The van der Waals surface area contributed by atoms with E-state index < -0.39 is 0 Å². The Balaban J connectivity index is 1.65. The molecule has 0 aliphatic heterocycles. The number of carbonyl (C=O) groups excluding carboxylic acids is 2. The molecular formula is C23H28N4O3. The summed E-state index contributed by atoms with van der Waals surface area (Å²) in [6.45, 7) is 9.05. The quantitative estimate of drug-likeness (QED) is 0.547. The van der Waals surface area contributed by atoms with Gasteiger partial charge in [0.1, 0.15) is 17.9 Å². The average molecular weight is 409 g/mol. The number of ether oxygens (including phenoxy) is 1. The SMILES string of the molecule is CCc1nc2ccccn2c1C(=O)Nc1ccc(C(=O)OCCN(CC)CC)cc1. The van der Waals surface area contributed by atoms with Crippen molar-refractivity contribution < 1.29 is 14.3 Å². The Morgan fingerprint density at radius 2 is 1.80 bits per heavy atom. The number of aromatic nitrogens is 2. The van der Waals surface area contributed by atoms with Crippen LogP contribution in [0, 0.1) is 0 Å². The second-order valence-corrected chi connectivity index (χ2v) is 6.88. The molecule has 0 unspecified atom stereocenters. The van der Waals surface area contributed by atoms with Gasteiger partial charge >= 0.3 is 5.97 Å². The maximum Gasteiger partial charge on any atom is 0.338 e. The minimum Gasteiger partial charge on any atom is -0.461 e. The Kier molecular flexibility index (Phi) is 7.19. The van der Waals surface area contributed by atoms with Crippen LogP contribution in [0.2, 0.25) is 0 Å². The number of esters is 1. The third-order valence-electron chi connectivity index (χ3n) is 5.07. The normalized spacial score (nSPS) is 11.1. The van der Waals surface area contributed by atoms with Gasteiger partial charge in [0, 0.05) is 18.4 Å².